The van der Waals surface area contributed by atoms with Crippen LogP contribution in [0.5, 0.6) is 0 Å². The van der Waals surface area contributed by atoms with Crippen LogP contribution in [-0.2, 0) is 5.41 Å². The molecule has 9 aromatic carbocycles. The van der Waals surface area contributed by atoms with Crippen LogP contribution < -0.4 is 0 Å². The highest BCUT2D eigenvalue weighted by Crippen LogP contribution is 2.54. The van der Waals surface area contributed by atoms with E-state index in [1.54, 1.807) is 0 Å². The van der Waals surface area contributed by atoms with Crippen molar-refractivity contribution in [2.75, 3.05) is 0 Å². The summed E-state index contributed by atoms with van der Waals surface area (Å²) < 4.78 is 0. The fourth-order valence-electron chi connectivity index (χ4n) is 8.70. The number of hydrogen-bond acceptors (Lipinski definition) is 0. The quantitative estimate of drug-likeness (QED) is 0.172. The topological polar surface area (TPSA) is 0 Å². The van der Waals surface area contributed by atoms with E-state index in [9.17, 15) is 0 Å². The standard InChI is InChI=1S/C49H34/c1-49(2)44-28-27-36-37(21-12-22-38(36)48(44)43-26-25-34(30-45(43)49)31-13-4-3-5-14-31)47-41-19-10-8-17-39(41)46(40-18-9-11-20-42(40)47)35-24-23-32-15-6-7-16-33(32)29-35/h3-30H,1-2H3. The van der Waals surface area contributed by atoms with Gasteiger partial charge in [0.05, 0.1) is 0 Å². The molecule has 0 atom stereocenters. The zero-order valence-electron chi connectivity index (χ0n) is 27.7. The lowest BCUT2D eigenvalue weighted by Crippen LogP contribution is -2.15. The van der Waals surface area contributed by atoms with Crippen molar-refractivity contribution in [3.63, 3.8) is 0 Å². The van der Waals surface area contributed by atoms with Gasteiger partial charge in [-0.2, -0.15) is 0 Å². The van der Waals surface area contributed by atoms with Gasteiger partial charge in [0.15, 0.2) is 0 Å². The molecule has 230 valence electrons. The molecule has 0 N–H and O–H groups in total. The number of hydrogen-bond donors (Lipinski definition) is 0. The smallest absolute Gasteiger partial charge is 0.0159 e. The maximum absolute atomic E-state index is 2.42. The molecular weight excluding hydrogens is 589 g/mol. The molecule has 0 aromatic heterocycles. The van der Waals surface area contributed by atoms with Gasteiger partial charge in [0, 0.05) is 5.41 Å². The third-order valence-corrected chi connectivity index (χ3v) is 11.0. The summed E-state index contributed by atoms with van der Waals surface area (Å²) in [6.07, 6.45) is 0. The van der Waals surface area contributed by atoms with Crippen molar-refractivity contribution < 1.29 is 0 Å². The SMILES string of the molecule is CC1(C)c2cc(-c3ccccc3)ccc2-c2c1ccc1c(-c3c4ccccc4c(-c4ccc5ccccc5c4)c4ccccc34)cccc21. The van der Waals surface area contributed by atoms with E-state index in [1.165, 1.54) is 98.7 Å². The van der Waals surface area contributed by atoms with Gasteiger partial charge in [0.25, 0.3) is 0 Å². The fourth-order valence-corrected chi connectivity index (χ4v) is 8.70. The van der Waals surface area contributed by atoms with Gasteiger partial charge < -0.3 is 0 Å². The average molecular weight is 623 g/mol. The lowest BCUT2D eigenvalue weighted by atomic mass is 9.80. The summed E-state index contributed by atoms with van der Waals surface area (Å²) in [5, 5.41) is 10.3. The van der Waals surface area contributed by atoms with Gasteiger partial charge >= 0.3 is 0 Å². The maximum Gasteiger partial charge on any atom is 0.0159 e. The lowest BCUT2D eigenvalue weighted by molar-refractivity contribution is 0.661. The summed E-state index contributed by atoms with van der Waals surface area (Å²) in [5.74, 6) is 0. The highest BCUT2D eigenvalue weighted by molar-refractivity contribution is 6.24. The molecule has 0 aliphatic heterocycles. The molecule has 0 bridgehead atoms. The molecule has 1 aliphatic rings. The summed E-state index contributed by atoms with van der Waals surface area (Å²) in [4.78, 5) is 0. The Morgan fingerprint density at radius 3 is 1.63 bits per heavy atom. The first-order valence-electron chi connectivity index (χ1n) is 17.3. The van der Waals surface area contributed by atoms with E-state index in [2.05, 4.69) is 184 Å². The molecule has 1 aliphatic carbocycles. The van der Waals surface area contributed by atoms with Crippen LogP contribution in [-0.4, -0.2) is 0 Å². The molecule has 0 nitrogen and oxygen atoms in total. The Morgan fingerprint density at radius 2 is 0.898 bits per heavy atom. The van der Waals surface area contributed by atoms with Crippen molar-refractivity contribution in [2.24, 2.45) is 0 Å². The predicted octanol–water partition coefficient (Wildman–Crippen LogP) is 13.6. The van der Waals surface area contributed by atoms with E-state index in [0.29, 0.717) is 0 Å². The van der Waals surface area contributed by atoms with Crippen LogP contribution >= 0.6 is 0 Å². The summed E-state index contributed by atoms with van der Waals surface area (Å²) >= 11 is 0. The minimum absolute atomic E-state index is 0.0967. The third-order valence-electron chi connectivity index (χ3n) is 11.0. The molecule has 9 aromatic rings. The van der Waals surface area contributed by atoms with Crippen molar-refractivity contribution in [1.29, 1.82) is 0 Å². The van der Waals surface area contributed by atoms with E-state index in [4.69, 9.17) is 0 Å². The summed E-state index contributed by atoms with van der Waals surface area (Å²) in [6, 6.07) is 63.1. The largest absolute Gasteiger partial charge is 0.0622 e. The Morgan fingerprint density at radius 1 is 0.306 bits per heavy atom. The Bertz CT molecular complexity index is 2720. The van der Waals surface area contributed by atoms with E-state index in [1.807, 2.05) is 0 Å². The first-order chi connectivity index (χ1) is 24.1. The Kier molecular flexibility index (Phi) is 6.02. The van der Waals surface area contributed by atoms with Gasteiger partial charge in [-0.25, -0.2) is 0 Å². The molecule has 0 fully saturated rings. The molecule has 0 amide bonds. The molecule has 0 heteroatoms. The van der Waals surface area contributed by atoms with Gasteiger partial charge in [-0.15, -0.1) is 0 Å². The zero-order valence-corrected chi connectivity index (χ0v) is 27.7. The molecule has 0 spiro atoms. The predicted molar refractivity (Wildman–Crippen MR) is 210 cm³/mol. The summed E-state index contributed by atoms with van der Waals surface area (Å²) in [7, 11) is 0. The van der Waals surface area contributed by atoms with Gasteiger partial charge in [-0.1, -0.05) is 172 Å². The van der Waals surface area contributed by atoms with Crippen LogP contribution in [0.25, 0.3) is 87.6 Å². The van der Waals surface area contributed by atoms with Crippen molar-refractivity contribution in [1.82, 2.24) is 0 Å². The molecule has 0 unspecified atom stereocenters. The van der Waals surface area contributed by atoms with Gasteiger partial charge in [0.1, 0.15) is 0 Å². The highest BCUT2D eigenvalue weighted by Gasteiger charge is 2.37. The fraction of sp³-hybridized carbons (Fsp3) is 0.0612. The van der Waals surface area contributed by atoms with Crippen molar-refractivity contribution in [2.45, 2.75) is 19.3 Å². The minimum Gasteiger partial charge on any atom is -0.0622 e. The molecule has 0 saturated heterocycles. The molecule has 0 heterocycles. The zero-order chi connectivity index (χ0) is 32.7. The maximum atomic E-state index is 2.42. The molecule has 0 radical (unpaired) electrons. The van der Waals surface area contributed by atoms with Crippen molar-refractivity contribution in [3.05, 3.63) is 181 Å². The van der Waals surface area contributed by atoms with Crippen LogP contribution in [0.15, 0.2) is 170 Å². The van der Waals surface area contributed by atoms with Crippen LogP contribution in [0.2, 0.25) is 0 Å². The van der Waals surface area contributed by atoms with Crippen LogP contribution in [0, 0.1) is 0 Å². The van der Waals surface area contributed by atoms with E-state index >= 15 is 0 Å². The summed E-state index contributed by atoms with van der Waals surface area (Å²) in [5.41, 5.74) is 13.1. The van der Waals surface area contributed by atoms with Crippen LogP contribution in [0.1, 0.15) is 25.0 Å². The monoisotopic (exact) mass is 622 g/mol. The van der Waals surface area contributed by atoms with Gasteiger partial charge in [-0.05, 0) is 111 Å². The average Bonchev–Trinajstić information content (AvgIpc) is 3.39. The molecule has 10 rings (SSSR count). The van der Waals surface area contributed by atoms with Crippen molar-refractivity contribution >= 4 is 43.1 Å². The van der Waals surface area contributed by atoms with Crippen LogP contribution in [0.4, 0.5) is 0 Å². The van der Waals surface area contributed by atoms with Gasteiger partial charge in [-0.3, -0.25) is 0 Å². The number of benzene rings is 9. The second-order valence-corrected chi connectivity index (χ2v) is 14.0. The summed E-state index contributed by atoms with van der Waals surface area (Å²) in [6.45, 7) is 4.77. The van der Waals surface area contributed by atoms with Crippen LogP contribution in [0.3, 0.4) is 0 Å². The number of rotatable bonds is 3. The highest BCUT2D eigenvalue weighted by atomic mass is 14.4. The molecular formula is C49H34. The first-order valence-corrected chi connectivity index (χ1v) is 17.3. The van der Waals surface area contributed by atoms with Gasteiger partial charge in [0.2, 0.25) is 0 Å². The van der Waals surface area contributed by atoms with E-state index in [0.717, 1.165) is 0 Å². The van der Waals surface area contributed by atoms with E-state index < -0.39 is 0 Å². The number of fused-ring (bicyclic) bond motifs is 8. The lowest BCUT2D eigenvalue weighted by Gasteiger charge is -2.23. The van der Waals surface area contributed by atoms with E-state index in [-0.39, 0.29) is 5.41 Å². The molecule has 49 heavy (non-hydrogen) atoms. The first kappa shape index (κ1) is 28.1. The second-order valence-electron chi connectivity index (χ2n) is 14.0. The third kappa shape index (κ3) is 4.11. The Hall–Kier alpha value is -5.98. The normalized spacial score (nSPS) is 13.3. The Labute approximate surface area is 286 Å². The molecule has 0 saturated carbocycles. The Balaban J connectivity index is 1.24. The second kappa shape index (κ2) is 10.5. The minimum atomic E-state index is -0.0967. The van der Waals surface area contributed by atoms with Crippen molar-refractivity contribution in [3.8, 4) is 44.5 Å².